The largest absolute Gasteiger partial charge is 0.496 e. The van der Waals surface area contributed by atoms with Gasteiger partial charge in [-0.2, -0.15) is 5.26 Å². The third-order valence-electron chi connectivity index (χ3n) is 4.17. The molecule has 2 rings (SSSR count). The second kappa shape index (κ2) is 8.68. The molecule has 0 amide bonds. The smallest absolute Gasteiger partial charge is 0.205 e. The van der Waals surface area contributed by atoms with Gasteiger partial charge in [0.25, 0.3) is 0 Å². The zero-order valence-electron chi connectivity index (χ0n) is 15.3. The molecular weight excluding hydrogens is 324 g/mol. The number of para-hydroxylation sites is 1. The minimum atomic E-state index is -0.277. The lowest BCUT2D eigenvalue weighted by atomic mass is 10.0. The van der Waals surface area contributed by atoms with Crippen molar-refractivity contribution in [3.05, 3.63) is 83.2 Å². The van der Waals surface area contributed by atoms with Crippen LogP contribution in [0.4, 0.5) is 0 Å². The Labute approximate surface area is 154 Å². The van der Waals surface area contributed by atoms with Crippen LogP contribution in [0, 0.1) is 25.2 Å². The van der Waals surface area contributed by atoms with E-state index in [4.69, 9.17) is 4.74 Å². The summed E-state index contributed by atoms with van der Waals surface area (Å²) in [4.78, 5) is 12.7. The van der Waals surface area contributed by atoms with Gasteiger partial charge >= 0.3 is 0 Å². The number of ether oxygens (including phenoxy) is 1. The number of aryl methyl sites for hydroxylation is 1. The van der Waals surface area contributed by atoms with Crippen LogP contribution < -0.4 is 4.74 Å². The number of hydrogen-bond acceptors (Lipinski definition) is 3. The van der Waals surface area contributed by atoms with Crippen molar-refractivity contribution >= 4 is 11.9 Å². The number of methoxy groups -OCH3 is 1. The molecule has 132 valence electrons. The lowest BCUT2D eigenvalue weighted by Gasteiger charge is -2.05. The molecule has 0 aliphatic heterocycles. The van der Waals surface area contributed by atoms with E-state index < -0.39 is 0 Å². The Morgan fingerprint density at radius 3 is 2.73 bits per heavy atom. The Bertz CT molecular complexity index is 924. The summed E-state index contributed by atoms with van der Waals surface area (Å²) >= 11 is 0. The molecule has 1 aromatic heterocycles. The zero-order chi connectivity index (χ0) is 19.1. The number of ketones is 1. The highest BCUT2D eigenvalue weighted by molar-refractivity contribution is 6.12. The zero-order valence-corrected chi connectivity index (χ0v) is 15.3. The van der Waals surface area contributed by atoms with E-state index in [1.807, 2.05) is 60.9 Å². The van der Waals surface area contributed by atoms with E-state index in [1.165, 1.54) is 6.08 Å². The van der Waals surface area contributed by atoms with Gasteiger partial charge in [-0.25, -0.2) is 0 Å². The molecule has 26 heavy (non-hydrogen) atoms. The third-order valence-corrected chi connectivity index (χ3v) is 4.17. The second-order valence-electron chi connectivity index (χ2n) is 5.81. The molecule has 0 spiro atoms. The van der Waals surface area contributed by atoms with Crippen molar-refractivity contribution in [3.63, 3.8) is 0 Å². The molecule has 0 unspecified atom stereocenters. The van der Waals surface area contributed by atoms with E-state index in [0.717, 1.165) is 22.7 Å². The Kier molecular flexibility index (Phi) is 6.35. The van der Waals surface area contributed by atoms with E-state index >= 15 is 0 Å². The molecule has 0 saturated carbocycles. The van der Waals surface area contributed by atoms with E-state index in [2.05, 4.69) is 6.58 Å². The number of nitrogens with zero attached hydrogens (tertiary/aromatic N) is 2. The van der Waals surface area contributed by atoms with Crippen molar-refractivity contribution < 1.29 is 9.53 Å². The average Bonchev–Trinajstić information content (AvgIpc) is 2.93. The number of nitriles is 1. The van der Waals surface area contributed by atoms with Crippen LogP contribution in [0.5, 0.6) is 5.75 Å². The van der Waals surface area contributed by atoms with Crippen molar-refractivity contribution in [2.45, 2.75) is 20.4 Å². The molecule has 0 aliphatic carbocycles. The minimum absolute atomic E-state index is 0.0926. The van der Waals surface area contributed by atoms with Crippen LogP contribution in [0.15, 0.2) is 60.7 Å². The van der Waals surface area contributed by atoms with Gasteiger partial charge in [0.1, 0.15) is 17.4 Å². The molecule has 1 aromatic carbocycles. The van der Waals surface area contributed by atoms with Gasteiger partial charge in [-0.1, -0.05) is 36.4 Å². The number of aromatic nitrogens is 1. The molecule has 1 heterocycles. The number of Topliss-reactive ketones (excluding diaryl/α,β-unsaturated/α-hetero) is 1. The van der Waals surface area contributed by atoms with E-state index in [-0.39, 0.29) is 11.4 Å². The minimum Gasteiger partial charge on any atom is -0.496 e. The number of hydrogen-bond donors (Lipinski definition) is 0. The molecule has 0 aliphatic rings. The summed E-state index contributed by atoms with van der Waals surface area (Å²) < 4.78 is 7.29. The summed E-state index contributed by atoms with van der Waals surface area (Å²) in [5, 5.41) is 9.41. The van der Waals surface area contributed by atoms with Crippen LogP contribution in [0.2, 0.25) is 0 Å². The second-order valence-corrected chi connectivity index (χ2v) is 5.81. The van der Waals surface area contributed by atoms with Gasteiger partial charge in [0.05, 0.1) is 7.11 Å². The van der Waals surface area contributed by atoms with Crippen LogP contribution in [-0.4, -0.2) is 17.5 Å². The topological polar surface area (TPSA) is 55.0 Å². The SMILES string of the molecule is C=CCn1c(C)cc(C(=O)/C(C#N)=C/C=C/c2ccccc2OC)c1C. The van der Waals surface area contributed by atoms with E-state index in [0.29, 0.717) is 12.1 Å². The lowest BCUT2D eigenvalue weighted by molar-refractivity contribution is 0.103. The Balaban J connectivity index is 2.31. The first kappa shape index (κ1) is 19.0. The highest BCUT2D eigenvalue weighted by Crippen LogP contribution is 2.20. The fourth-order valence-electron chi connectivity index (χ4n) is 2.80. The quantitative estimate of drug-likeness (QED) is 0.241. The highest BCUT2D eigenvalue weighted by Gasteiger charge is 2.18. The Hall–Kier alpha value is -3.32. The summed E-state index contributed by atoms with van der Waals surface area (Å²) in [7, 11) is 1.60. The van der Waals surface area contributed by atoms with Gasteiger partial charge < -0.3 is 9.30 Å². The van der Waals surface area contributed by atoms with Gasteiger partial charge in [0.15, 0.2) is 0 Å². The maximum atomic E-state index is 12.7. The summed E-state index contributed by atoms with van der Waals surface area (Å²) in [5.74, 6) is 0.454. The summed E-state index contributed by atoms with van der Waals surface area (Å²) in [6.45, 7) is 8.18. The van der Waals surface area contributed by atoms with Crippen molar-refractivity contribution in [2.75, 3.05) is 7.11 Å². The van der Waals surface area contributed by atoms with Gasteiger partial charge in [-0.05, 0) is 32.1 Å². The highest BCUT2D eigenvalue weighted by atomic mass is 16.5. The molecule has 0 N–H and O–H groups in total. The van der Waals surface area contributed by atoms with Crippen molar-refractivity contribution in [1.29, 1.82) is 5.26 Å². The van der Waals surface area contributed by atoms with Crippen molar-refractivity contribution in [1.82, 2.24) is 4.57 Å². The van der Waals surface area contributed by atoms with Crippen LogP contribution in [0.3, 0.4) is 0 Å². The van der Waals surface area contributed by atoms with Crippen LogP contribution in [-0.2, 0) is 6.54 Å². The number of carbonyl (C=O) groups excluding carboxylic acids is 1. The van der Waals surface area contributed by atoms with Crippen molar-refractivity contribution in [2.24, 2.45) is 0 Å². The van der Waals surface area contributed by atoms with Crippen LogP contribution in [0.1, 0.15) is 27.3 Å². The molecule has 0 fully saturated rings. The molecule has 0 saturated heterocycles. The van der Waals surface area contributed by atoms with Gasteiger partial charge in [-0.15, -0.1) is 6.58 Å². The molecule has 4 heteroatoms. The predicted molar refractivity (Wildman–Crippen MR) is 104 cm³/mol. The Morgan fingerprint density at radius 2 is 2.08 bits per heavy atom. The molecule has 0 atom stereocenters. The van der Waals surface area contributed by atoms with E-state index in [1.54, 1.807) is 19.3 Å². The summed E-state index contributed by atoms with van der Waals surface area (Å²) in [6.07, 6.45) is 6.82. The number of allylic oxidation sites excluding steroid dienone is 4. The first-order chi connectivity index (χ1) is 12.5. The van der Waals surface area contributed by atoms with Crippen LogP contribution >= 0.6 is 0 Å². The lowest BCUT2D eigenvalue weighted by Crippen LogP contribution is -2.05. The number of rotatable bonds is 7. The number of benzene rings is 1. The van der Waals surface area contributed by atoms with Gasteiger partial charge in [0.2, 0.25) is 5.78 Å². The fourth-order valence-corrected chi connectivity index (χ4v) is 2.80. The van der Waals surface area contributed by atoms with E-state index in [9.17, 15) is 10.1 Å². The molecule has 2 aromatic rings. The maximum Gasteiger partial charge on any atom is 0.205 e. The van der Waals surface area contributed by atoms with Gasteiger partial charge in [-0.3, -0.25) is 4.79 Å². The number of carbonyl (C=O) groups is 1. The predicted octanol–water partition coefficient (Wildman–Crippen LogP) is 4.65. The standard InChI is InChI=1S/C22H22N2O2/c1-5-13-24-16(2)14-20(17(24)3)22(25)19(15-23)11-8-10-18-9-6-7-12-21(18)26-4/h5-12,14H,1,13H2,2-4H3/b10-8+,19-11+. The first-order valence-corrected chi connectivity index (χ1v) is 8.27. The Morgan fingerprint density at radius 1 is 1.35 bits per heavy atom. The monoisotopic (exact) mass is 346 g/mol. The summed E-state index contributed by atoms with van der Waals surface area (Å²) in [6, 6.07) is 11.4. The molecule has 4 nitrogen and oxygen atoms in total. The summed E-state index contributed by atoms with van der Waals surface area (Å²) in [5.41, 5.74) is 3.31. The first-order valence-electron chi connectivity index (χ1n) is 8.27. The molecule has 0 radical (unpaired) electrons. The molecule has 0 bridgehead atoms. The van der Waals surface area contributed by atoms with Crippen molar-refractivity contribution in [3.8, 4) is 11.8 Å². The average molecular weight is 346 g/mol. The fraction of sp³-hybridized carbons (Fsp3) is 0.182. The maximum absolute atomic E-state index is 12.7. The third kappa shape index (κ3) is 4.01. The van der Waals surface area contributed by atoms with Crippen LogP contribution in [0.25, 0.3) is 6.08 Å². The normalized spacial score (nSPS) is 11.4. The van der Waals surface area contributed by atoms with Gasteiger partial charge in [0, 0.05) is 29.1 Å². The molecular formula is C22H22N2O2.